The average Bonchev–Trinajstić information content (AvgIpc) is 2.66. The van der Waals surface area contributed by atoms with Gasteiger partial charge in [0.15, 0.2) is 0 Å². The number of imide groups is 1. The van der Waals surface area contributed by atoms with Gasteiger partial charge in [-0.3, -0.25) is 14.9 Å². The second kappa shape index (κ2) is 1.86. The molecule has 2 amide bonds. The molecule has 3 aliphatic rings. The van der Waals surface area contributed by atoms with Crippen LogP contribution in [0, 0.1) is 23.2 Å². The zero-order valence-electron chi connectivity index (χ0n) is 7.41. The SMILES string of the molecule is C[C@]12C(=O)NC(=O)[C@H]1[C@H]1C=C[C@H]2C1. The number of fused-ring (bicyclic) bond motifs is 5. The van der Waals surface area contributed by atoms with E-state index in [9.17, 15) is 9.59 Å². The van der Waals surface area contributed by atoms with Crippen LogP contribution in [0.3, 0.4) is 0 Å². The fraction of sp³-hybridized carbons (Fsp3) is 0.600. The minimum absolute atomic E-state index is 0.0654. The molecule has 0 radical (unpaired) electrons. The highest BCUT2D eigenvalue weighted by Gasteiger charge is 2.64. The molecule has 0 aromatic heterocycles. The number of hydrogen-bond donors (Lipinski definition) is 1. The van der Waals surface area contributed by atoms with Crippen LogP contribution in [0.2, 0.25) is 0 Å². The zero-order chi connectivity index (χ0) is 9.22. The quantitative estimate of drug-likeness (QED) is 0.432. The summed E-state index contributed by atoms with van der Waals surface area (Å²) in [7, 11) is 0. The Labute approximate surface area is 76.2 Å². The van der Waals surface area contributed by atoms with Gasteiger partial charge in [-0.25, -0.2) is 0 Å². The summed E-state index contributed by atoms with van der Waals surface area (Å²) in [6.07, 6.45) is 5.18. The van der Waals surface area contributed by atoms with Crippen molar-refractivity contribution in [2.45, 2.75) is 13.3 Å². The van der Waals surface area contributed by atoms with E-state index < -0.39 is 5.41 Å². The first kappa shape index (κ1) is 7.30. The molecule has 1 heterocycles. The maximum Gasteiger partial charge on any atom is 0.233 e. The van der Waals surface area contributed by atoms with Crippen LogP contribution in [0.1, 0.15) is 13.3 Å². The van der Waals surface area contributed by atoms with E-state index in [1.54, 1.807) is 0 Å². The van der Waals surface area contributed by atoms with E-state index in [-0.39, 0.29) is 23.7 Å². The summed E-state index contributed by atoms with van der Waals surface area (Å²) in [4.78, 5) is 23.1. The van der Waals surface area contributed by atoms with Crippen molar-refractivity contribution in [3.05, 3.63) is 12.2 Å². The van der Waals surface area contributed by atoms with Gasteiger partial charge in [0, 0.05) is 0 Å². The van der Waals surface area contributed by atoms with Gasteiger partial charge in [0.2, 0.25) is 11.8 Å². The molecule has 1 saturated carbocycles. The number of carbonyl (C=O) groups excluding carboxylic acids is 2. The van der Waals surface area contributed by atoms with Crippen LogP contribution in [-0.2, 0) is 9.59 Å². The molecule has 0 unspecified atom stereocenters. The molecule has 2 bridgehead atoms. The lowest BCUT2D eigenvalue weighted by Gasteiger charge is -2.27. The monoisotopic (exact) mass is 177 g/mol. The number of hydrogen-bond acceptors (Lipinski definition) is 2. The van der Waals surface area contributed by atoms with Gasteiger partial charge in [0.25, 0.3) is 0 Å². The second-order valence-electron chi connectivity index (χ2n) is 4.47. The van der Waals surface area contributed by atoms with Crippen LogP contribution < -0.4 is 5.32 Å². The van der Waals surface area contributed by atoms with Crippen molar-refractivity contribution >= 4 is 11.8 Å². The average molecular weight is 177 g/mol. The van der Waals surface area contributed by atoms with Gasteiger partial charge in [-0.1, -0.05) is 12.2 Å². The summed E-state index contributed by atoms with van der Waals surface area (Å²) in [6.45, 7) is 1.92. The van der Waals surface area contributed by atoms with Crippen molar-refractivity contribution in [3.8, 4) is 0 Å². The van der Waals surface area contributed by atoms with Gasteiger partial charge in [-0.2, -0.15) is 0 Å². The van der Waals surface area contributed by atoms with Crippen LogP contribution in [0.5, 0.6) is 0 Å². The second-order valence-corrected chi connectivity index (χ2v) is 4.47. The molecule has 13 heavy (non-hydrogen) atoms. The maximum atomic E-state index is 11.6. The highest BCUT2D eigenvalue weighted by molar-refractivity contribution is 6.08. The minimum Gasteiger partial charge on any atom is -0.296 e. The Morgan fingerprint density at radius 2 is 2.23 bits per heavy atom. The molecule has 68 valence electrons. The Bertz CT molecular complexity index is 347. The first-order valence-corrected chi connectivity index (χ1v) is 4.67. The Balaban J connectivity index is 2.17. The summed E-state index contributed by atoms with van der Waals surface area (Å²) in [5.74, 6) is 0.370. The van der Waals surface area contributed by atoms with E-state index in [2.05, 4.69) is 17.5 Å². The number of rotatable bonds is 0. The Morgan fingerprint density at radius 1 is 1.46 bits per heavy atom. The predicted molar refractivity (Wildman–Crippen MR) is 45.5 cm³/mol. The summed E-state index contributed by atoms with van der Waals surface area (Å²) in [5, 5.41) is 2.44. The van der Waals surface area contributed by atoms with Gasteiger partial charge in [-0.15, -0.1) is 0 Å². The van der Waals surface area contributed by atoms with Crippen LogP contribution in [0.4, 0.5) is 0 Å². The van der Waals surface area contributed by atoms with Gasteiger partial charge in [0.1, 0.15) is 0 Å². The fourth-order valence-corrected chi connectivity index (χ4v) is 3.20. The molecule has 1 aliphatic heterocycles. The van der Waals surface area contributed by atoms with Gasteiger partial charge >= 0.3 is 0 Å². The lowest BCUT2D eigenvalue weighted by Crippen LogP contribution is -2.35. The van der Waals surface area contributed by atoms with Crippen molar-refractivity contribution in [2.75, 3.05) is 0 Å². The van der Waals surface area contributed by atoms with Crippen LogP contribution >= 0.6 is 0 Å². The Kier molecular flexibility index (Phi) is 1.05. The molecule has 3 nitrogen and oxygen atoms in total. The zero-order valence-corrected chi connectivity index (χ0v) is 7.41. The smallest absolute Gasteiger partial charge is 0.233 e. The van der Waals surface area contributed by atoms with Crippen molar-refractivity contribution in [1.82, 2.24) is 5.32 Å². The van der Waals surface area contributed by atoms with Gasteiger partial charge in [-0.05, 0) is 25.2 Å². The minimum atomic E-state index is -0.434. The van der Waals surface area contributed by atoms with Crippen LogP contribution in [0.25, 0.3) is 0 Å². The van der Waals surface area contributed by atoms with Crippen molar-refractivity contribution in [2.24, 2.45) is 23.2 Å². The molecule has 0 aromatic carbocycles. The number of allylic oxidation sites excluding steroid dienone is 2. The van der Waals surface area contributed by atoms with Crippen molar-refractivity contribution in [3.63, 3.8) is 0 Å². The van der Waals surface area contributed by atoms with Crippen LogP contribution in [-0.4, -0.2) is 11.8 Å². The fourth-order valence-electron chi connectivity index (χ4n) is 3.20. The molecular formula is C10H11NO2. The molecule has 0 aromatic rings. The number of carbonyl (C=O) groups is 2. The molecule has 3 rings (SSSR count). The van der Waals surface area contributed by atoms with E-state index in [0.717, 1.165) is 6.42 Å². The van der Waals surface area contributed by atoms with E-state index in [4.69, 9.17) is 0 Å². The Hall–Kier alpha value is -1.12. The molecular weight excluding hydrogens is 166 g/mol. The largest absolute Gasteiger partial charge is 0.296 e. The summed E-state index contributed by atoms with van der Waals surface area (Å²) in [5.41, 5.74) is -0.434. The van der Waals surface area contributed by atoms with E-state index in [0.29, 0.717) is 5.92 Å². The lowest BCUT2D eigenvalue weighted by molar-refractivity contribution is -0.129. The van der Waals surface area contributed by atoms with Crippen molar-refractivity contribution in [1.29, 1.82) is 0 Å². The Morgan fingerprint density at radius 3 is 2.92 bits per heavy atom. The van der Waals surface area contributed by atoms with E-state index in [1.165, 1.54) is 0 Å². The molecule has 4 atom stereocenters. The third-order valence-electron chi connectivity index (χ3n) is 3.97. The third kappa shape index (κ3) is 0.598. The van der Waals surface area contributed by atoms with E-state index >= 15 is 0 Å². The maximum absolute atomic E-state index is 11.6. The van der Waals surface area contributed by atoms with E-state index in [1.807, 2.05) is 6.92 Å². The molecule has 0 spiro atoms. The molecule has 1 saturated heterocycles. The van der Waals surface area contributed by atoms with Crippen molar-refractivity contribution < 1.29 is 9.59 Å². The highest BCUT2D eigenvalue weighted by Crippen LogP contribution is 2.58. The molecule has 2 aliphatic carbocycles. The summed E-state index contributed by atoms with van der Waals surface area (Å²) in [6, 6.07) is 0. The first-order chi connectivity index (χ1) is 6.14. The summed E-state index contributed by atoms with van der Waals surface area (Å²) < 4.78 is 0. The van der Waals surface area contributed by atoms with Crippen LogP contribution in [0.15, 0.2) is 12.2 Å². The number of amides is 2. The topological polar surface area (TPSA) is 46.2 Å². The van der Waals surface area contributed by atoms with Gasteiger partial charge < -0.3 is 0 Å². The third-order valence-corrected chi connectivity index (χ3v) is 3.97. The normalized spacial score (nSPS) is 51.3. The van der Waals surface area contributed by atoms with Gasteiger partial charge in [0.05, 0.1) is 11.3 Å². The molecule has 2 fully saturated rings. The standard InChI is InChI=1S/C10H11NO2/c1-10-6-3-2-5(4-6)7(10)8(12)11-9(10)13/h2-3,5-7H,4H2,1H3,(H,11,12,13)/t5-,6-,7+,10+/m0/s1. The number of nitrogens with one attached hydrogen (secondary N) is 1. The molecule has 1 N–H and O–H groups in total. The lowest BCUT2D eigenvalue weighted by atomic mass is 9.71. The highest BCUT2D eigenvalue weighted by atomic mass is 16.2. The summed E-state index contributed by atoms with van der Waals surface area (Å²) >= 11 is 0. The first-order valence-electron chi connectivity index (χ1n) is 4.67. The molecule has 3 heteroatoms. The predicted octanol–water partition coefficient (Wildman–Crippen LogP) is 0.471.